The van der Waals surface area contributed by atoms with Gasteiger partial charge in [-0.25, -0.2) is 4.39 Å². The molecule has 80 valence electrons. The predicted octanol–water partition coefficient (Wildman–Crippen LogP) is 3.56. The first kappa shape index (κ1) is 11.0. The minimum Gasteiger partial charge on any atom is -0.293 e. The van der Waals surface area contributed by atoms with Crippen LogP contribution in [0.3, 0.4) is 0 Å². The van der Waals surface area contributed by atoms with Gasteiger partial charge in [0.15, 0.2) is 5.78 Å². The summed E-state index contributed by atoms with van der Waals surface area (Å²) in [4.78, 5) is 12.0. The first-order chi connectivity index (χ1) is 7.18. The highest BCUT2D eigenvalue weighted by Gasteiger charge is 2.25. The lowest BCUT2D eigenvalue weighted by atomic mass is 10.1. The van der Waals surface area contributed by atoms with Crippen molar-refractivity contribution in [2.45, 2.75) is 18.1 Å². The lowest BCUT2D eigenvalue weighted by Gasteiger charge is -2.08. The fourth-order valence-electron chi connectivity index (χ4n) is 1.65. The van der Waals surface area contributed by atoms with Gasteiger partial charge in [0.2, 0.25) is 0 Å². The first-order valence-electron chi connectivity index (χ1n) is 4.79. The topological polar surface area (TPSA) is 17.1 Å². The maximum atomic E-state index is 12.8. The number of Topliss-reactive ketones (excluding diaryl/α,β-unsaturated/α-hetero) is 1. The molecule has 1 fully saturated rings. The Bertz CT molecular complexity index is 388. The second kappa shape index (κ2) is 4.54. The zero-order chi connectivity index (χ0) is 10.8. The van der Waals surface area contributed by atoms with E-state index in [2.05, 4.69) is 0 Å². The summed E-state index contributed by atoms with van der Waals surface area (Å²) in [5.74, 6) is 0.646. The van der Waals surface area contributed by atoms with Gasteiger partial charge in [-0.1, -0.05) is 11.6 Å². The number of thioether (sulfide) groups is 1. The molecule has 0 spiro atoms. The quantitative estimate of drug-likeness (QED) is 0.740. The van der Waals surface area contributed by atoms with Crippen LogP contribution in [0, 0.1) is 5.82 Å². The summed E-state index contributed by atoms with van der Waals surface area (Å²) in [6.07, 6.45) is 1.97. The van der Waals surface area contributed by atoms with Gasteiger partial charge in [-0.2, -0.15) is 11.8 Å². The van der Waals surface area contributed by atoms with Crippen LogP contribution in [0.25, 0.3) is 0 Å². The molecule has 15 heavy (non-hydrogen) atoms. The van der Waals surface area contributed by atoms with Gasteiger partial charge in [-0.3, -0.25) is 4.79 Å². The molecule has 0 amide bonds. The van der Waals surface area contributed by atoms with Crippen molar-refractivity contribution in [3.63, 3.8) is 0 Å². The van der Waals surface area contributed by atoms with E-state index < -0.39 is 5.82 Å². The summed E-state index contributed by atoms with van der Waals surface area (Å²) in [5.41, 5.74) is 0.442. The number of hydrogen-bond acceptors (Lipinski definition) is 2. The Morgan fingerprint density at radius 2 is 2.33 bits per heavy atom. The third kappa shape index (κ3) is 2.34. The summed E-state index contributed by atoms with van der Waals surface area (Å²) in [6, 6.07) is 3.94. The van der Waals surface area contributed by atoms with E-state index in [0.717, 1.165) is 18.6 Å². The first-order valence-corrected chi connectivity index (χ1v) is 6.22. The van der Waals surface area contributed by atoms with Gasteiger partial charge >= 0.3 is 0 Å². The fraction of sp³-hybridized carbons (Fsp3) is 0.364. The van der Waals surface area contributed by atoms with Gasteiger partial charge in [0.1, 0.15) is 5.82 Å². The number of carbonyl (C=O) groups is 1. The van der Waals surface area contributed by atoms with Gasteiger partial charge in [0.25, 0.3) is 0 Å². The molecule has 4 heteroatoms. The van der Waals surface area contributed by atoms with E-state index in [1.807, 2.05) is 0 Å². The van der Waals surface area contributed by atoms with E-state index in [1.165, 1.54) is 18.2 Å². The zero-order valence-electron chi connectivity index (χ0n) is 8.00. The van der Waals surface area contributed by atoms with Crippen LogP contribution in [0.5, 0.6) is 0 Å². The lowest BCUT2D eigenvalue weighted by molar-refractivity contribution is 0.0988. The summed E-state index contributed by atoms with van der Waals surface area (Å²) in [7, 11) is 0. The van der Waals surface area contributed by atoms with Gasteiger partial charge in [0, 0.05) is 5.56 Å². The minimum atomic E-state index is -0.407. The number of benzene rings is 1. The van der Waals surface area contributed by atoms with Crippen molar-refractivity contribution in [3.8, 4) is 0 Å². The molecule has 0 bridgehead atoms. The van der Waals surface area contributed by atoms with Crippen LogP contribution in [0.2, 0.25) is 5.02 Å². The maximum Gasteiger partial charge on any atom is 0.177 e. The Balaban J connectivity index is 2.24. The van der Waals surface area contributed by atoms with E-state index in [4.69, 9.17) is 11.6 Å². The van der Waals surface area contributed by atoms with Crippen molar-refractivity contribution in [1.82, 2.24) is 0 Å². The Morgan fingerprint density at radius 3 is 2.93 bits per heavy atom. The third-order valence-corrected chi connectivity index (χ3v) is 4.11. The summed E-state index contributed by atoms with van der Waals surface area (Å²) >= 11 is 7.49. The van der Waals surface area contributed by atoms with Gasteiger partial charge in [-0.15, -0.1) is 0 Å². The highest BCUT2D eigenvalue weighted by Crippen LogP contribution is 2.31. The molecule has 0 radical (unpaired) electrons. The molecule has 0 saturated carbocycles. The number of hydrogen-bond donors (Lipinski definition) is 0. The van der Waals surface area contributed by atoms with Crippen LogP contribution < -0.4 is 0 Å². The second-order valence-electron chi connectivity index (χ2n) is 3.49. The molecule has 1 saturated heterocycles. The number of carbonyl (C=O) groups excluding carboxylic acids is 1. The summed E-state index contributed by atoms with van der Waals surface area (Å²) in [6.45, 7) is 0. The molecule has 1 nitrogen and oxygen atoms in total. The molecule has 1 aromatic rings. The van der Waals surface area contributed by atoms with Crippen LogP contribution in [0.1, 0.15) is 23.2 Å². The molecule has 1 aromatic carbocycles. The van der Waals surface area contributed by atoms with Crippen LogP contribution >= 0.6 is 23.4 Å². The van der Waals surface area contributed by atoms with E-state index in [0.29, 0.717) is 5.56 Å². The van der Waals surface area contributed by atoms with Crippen LogP contribution in [-0.4, -0.2) is 16.8 Å². The summed E-state index contributed by atoms with van der Waals surface area (Å²) in [5, 5.41) is 0.223. The van der Waals surface area contributed by atoms with E-state index >= 15 is 0 Å². The van der Waals surface area contributed by atoms with Crippen molar-refractivity contribution in [1.29, 1.82) is 0 Å². The van der Waals surface area contributed by atoms with Crippen molar-refractivity contribution >= 4 is 29.1 Å². The Labute approximate surface area is 97.0 Å². The largest absolute Gasteiger partial charge is 0.293 e. The Hall–Kier alpha value is -0.540. The molecular formula is C11H10ClFOS. The van der Waals surface area contributed by atoms with Crippen molar-refractivity contribution in [2.24, 2.45) is 0 Å². The molecule has 0 aromatic heterocycles. The molecule has 0 N–H and O–H groups in total. The van der Waals surface area contributed by atoms with Crippen molar-refractivity contribution in [3.05, 3.63) is 34.6 Å². The Kier molecular flexibility index (Phi) is 3.32. The second-order valence-corrected chi connectivity index (χ2v) is 5.21. The molecule has 2 rings (SSSR count). The normalized spacial score (nSPS) is 20.5. The van der Waals surface area contributed by atoms with E-state index in [9.17, 15) is 9.18 Å². The van der Waals surface area contributed by atoms with E-state index in [1.54, 1.807) is 11.8 Å². The highest BCUT2D eigenvalue weighted by molar-refractivity contribution is 8.00. The number of ketones is 1. The molecular weight excluding hydrogens is 235 g/mol. The van der Waals surface area contributed by atoms with Gasteiger partial charge < -0.3 is 0 Å². The fourth-order valence-corrected chi connectivity index (χ4v) is 3.14. The smallest absolute Gasteiger partial charge is 0.177 e. The Morgan fingerprint density at radius 1 is 1.53 bits per heavy atom. The van der Waals surface area contributed by atoms with Crippen LogP contribution in [0.15, 0.2) is 18.2 Å². The predicted molar refractivity (Wildman–Crippen MR) is 61.2 cm³/mol. The minimum absolute atomic E-state index is 0.00737. The maximum absolute atomic E-state index is 12.8. The number of halogens is 2. The molecule has 1 aliphatic heterocycles. The van der Waals surface area contributed by atoms with E-state index in [-0.39, 0.29) is 16.1 Å². The zero-order valence-corrected chi connectivity index (χ0v) is 9.58. The standard InChI is InChI=1S/C11H10ClFOS/c12-9-6-7(13)3-4-8(9)11(14)10-2-1-5-15-10/h3-4,6,10H,1-2,5H2. The van der Waals surface area contributed by atoms with Gasteiger partial charge in [0.05, 0.1) is 10.3 Å². The van der Waals surface area contributed by atoms with Crippen LogP contribution in [0.4, 0.5) is 4.39 Å². The highest BCUT2D eigenvalue weighted by atomic mass is 35.5. The summed E-state index contributed by atoms with van der Waals surface area (Å²) < 4.78 is 12.8. The average Bonchev–Trinajstić information content (AvgIpc) is 2.69. The molecule has 0 aliphatic carbocycles. The average molecular weight is 245 g/mol. The number of rotatable bonds is 2. The third-order valence-electron chi connectivity index (χ3n) is 2.42. The lowest BCUT2D eigenvalue weighted by Crippen LogP contribution is -2.14. The monoisotopic (exact) mass is 244 g/mol. The van der Waals surface area contributed by atoms with Crippen molar-refractivity contribution < 1.29 is 9.18 Å². The van der Waals surface area contributed by atoms with Gasteiger partial charge in [-0.05, 0) is 36.8 Å². The van der Waals surface area contributed by atoms with Crippen molar-refractivity contribution in [2.75, 3.05) is 5.75 Å². The van der Waals surface area contributed by atoms with Crippen LogP contribution in [-0.2, 0) is 0 Å². The SMILES string of the molecule is O=C(c1ccc(F)cc1Cl)C1CCCS1. The molecule has 1 unspecified atom stereocenters. The molecule has 1 atom stereocenters. The molecule has 1 heterocycles. The molecule has 1 aliphatic rings.